The average Bonchev–Trinajstić information content (AvgIpc) is 3.26. The van der Waals surface area contributed by atoms with Crippen molar-refractivity contribution in [2.24, 2.45) is 11.8 Å². The second kappa shape index (κ2) is 6.00. The van der Waals surface area contributed by atoms with Gasteiger partial charge in [-0.3, -0.25) is 0 Å². The molecular weight excluding hydrogens is 291 g/mol. The molecule has 4 heteroatoms. The molecule has 0 bridgehead atoms. The highest BCUT2D eigenvalue weighted by Crippen LogP contribution is 2.59. The fraction of sp³-hybridized carbons (Fsp3) is 0.474. The largest absolute Gasteiger partial charge is 0.396 e. The topological polar surface area (TPSA) is 46.0 Å². The molecule has 0 aliphatic heterocycles. The summed E-state index contributed by atoms with van der Waals surface area (Å²) in [5, 5.41) is 9.66. The Balaban J connectivity index is 1.90. The normalized spacial score (nSPS) is 24.5. The van der Waals surface area contributed by atoms with E-state index in [2.05, 4.69) is 16.9 Å². The van der Waals surface area contributed by atoms with Gasteiger partial charge in [-0.1, -0.05) is 19.1 Å². The van der Waals surface area contributed by atoms with Gasteiger partial charge in [0.1, 0.15) is 11.6 Å². The third-order valence-electron chi connectivity index (χ3n) is 5.34. The van der Waals surface area contributed by atoms with Crippen molar-refractivity contribution in [1.82, 2.24) is 9.97 Å². The molecule has 3 rings (SSSR count). The van der Waals surface area contributed by atoms with Crippen LogP contribution in [0.5, 0.6) is 0 Å². The Hall–Kier alpha value is -1.81. The Morgan fingerprint density at radius 1 is 1.39 bits per heavy atom. The Morgan fingerprint density at radius 3 is 2.78 bits per heavy atom. The number of aryl methyl sites for hydroxylation is 2. The molecule has 0 spiro atoms. The standard InChI is InChI=1S/C19H23FN2O/c1-12(7-15-10-21-14(3)22-13(15)2)19(9-17(19)11-23)16-5-4-6-18(20)8-16/h4-6,8,10,12,17,23H,7,9,11H2,1-3H3/t12?,17-,19+/m0/s1. The molecule has 1 aromatic carbocycles. The Morgan fingerprint density at radius 2 is 2.17 bits per heavy atom. The van der Waals surface area contributed by atoms with Crippen molar-refractivity contribution in [3.63, 3.8) is 0 Å². The fourth-order valence-electron chi connectivity index (χ4n) is 3.92. The summed E-state index contributed by atoms with van der Waals surface area (Å²) < 4.78 is 13.7. The molecule has 1 unspecified atom stereocenters. The zero-order valence-corrected chi connectivity index (χ0v) is 13.9. The van der Waals surface area contributed by atoms with Crippen molar-refractivity contribution in [3.8, 4) is 0 Å². The van der Waals surface area contributed by atoms with E-state index in [1.54, 1.807) is 12.1 Å². The van der Waals surface area contributed by atoms with E-state index in [9.17, 15) is 9.50 Å². The summed E-state index contributed by atoms with van der Waals surface area (Å²) in [7, 11) is 0. The highest BCUT2D eigenvalue weighted by atomic mass is 19.1. The van der Waals surface area contributed by atoms with Crippen molar-refractivity contribution < 1.29 is 9.50 Å². The Bertz CT molecular complexity index is 718. The quantitative estimate of drug-likeness (QED) is 0.920. The molecule has 3 atom stereocenters. The van der Waals surface area contributed by atoms with Gasteiger partial charge >= 0.3 is 0 Å². The van der Waals surface area contributed by atoms with Gasteiger partial charge in [-0.05, 0) is 61.8 Å². The van der Waals surface area contributed by atoms with Gasteiger partial charge in [0.2, 0.25) is 0 Å². The maximum Gasteiger partial charge on any atom is 0.125 e. The number of benzene rings is 1. The number of hydrogen-bond donors (Lipinski definition) is 1. The SMILES string of the molecule is Cc1ncc(CC(C)[C@@]2(c3cccc(F)c3)C[C@H]2CO)c(C)n1. The second-order valence-corrected chi connectivity index (χ2v) is 6.77. The highest BCUT2D eigenvalue weighted by Gasteiger charge is 2.57. The minimum atomic E-state index is -0.215. The van der Waals surface area contributed by atoms with Crippen LogP contribution in [0.4, 0.5) is 4.39 Å². The van der Waals surface area contributed by atoms with Crippen molar-refractivity contribution in [1.29, 1.82) is 0 Å². The smallest absolute Gasteiger partial charge is 0.125 e. The zero-order valence-electron chi connectivity index (χ0n) is 13.9. The summed E-state index contributed by atoms with van der Waals surface area (Å²) in [5.41, 5.74) is 2.98. The van der Waals surface area contributed by atoms with Crippen LogP contribution in [0.2, 0.25) is 0 Å². The van der Waals surface area contributed by atoms with Gasteiger partial charge in [0.15, 0.2) is 0 Å². The number of hydrogen-bond acceptors (Lipinski definition) is 3. The number of aliphatic hydroxyl groups excluding tert-OH is 1. The van der Waals surface area contributed by atoms with E-state index >= 15 is 0 Å². The number of aromatic nitrogens is 2. The molecule has 1 aliphatic rings. The van der Waals surface area contributed by atoms with Crippen LogP contribution in [0, 0.1) is 31.5 Å². The van der Waals surface area contributed by atoms with Gasteiger partial charge < -0.3 is 5.11 Å². The third kappa shape index (κ3) is 2.88. The lowest BCUT2D eigenvalue weighted by Crippen LogP contribution is -2.24. The molecule has 1 saturated carbocycles. The van der Waals surface area contributed by atoms with Crippen molar-refractivity contribution in [3.05, 3.63) is 58.9 Å². The Kier molecular flexibility index (Phi) is 4.19. The summed E-state index contributed by atoms with van der Waals surface area (Å²) >= 11 is 0. The van der Waals surface area contributed by atoms with Gasteiger partial charge in [-0.25, -0.2) is 14.4 Å². The van der Waals surface area contributed by atoms with Crippen LogP contribution in [0.25, 0.3) is 0 Å². The Labute approximate surface area is 136 Å². The second-order valence-electron chi connectivity index (χ2n) is 6.77. The predicted molar refractivity (Wildman–Crippen MR) is 87.6 cm³/mol. The number of aliphatic hydroxyl groups is 1. The lowest BCUT2D eigenvalue weighted by atomic mass is 9.78. The summed E-state index contributed by atoms with van der Waals surface area (Å²) in [6.07, 6.45) is 3.63. The molecule has 23 heavy (non-hydrogen) atoms. The molecule has 1 N–H and O–H groups in total. The molecule has 0 amide bonds. The highest BCUT2D eigenvalue weighted by molar-refractivity contribution is 5.36. The van der Waals surface area contributed by atoms with E-state index in [0.29, 0.717) is 0 Å². The molecule has 0 radical (unpaired) electrons. The number of nitrogens with zero attached hydrogens (tertiary/aromatic N) is 2. The lowest BCUT2D eigenvalue weighted by molar-refractivity contribution is 0.248. The molecule has 1 aromatic heterocycles. The summed E-state index contributed by atoms with van der Waals surface area (Å²) in [6, 6.07) is 6.82. The van der Waals surface area contributed by atoms with Crippen molar-refractivity contribution in [2.75, 3.05) is 6.61 Å². The van der Waals surface area contributed by atoms with Crippen LogP contribution in [-0.4, -0.2) is 21.7 Å². The van der Waals surface area contributed by atoms with Crippen molar-refractivity contribution >= 4 is 0 Å². The summed E-state index contributed by atoms with van der Waals surface area (Å²) in [4.78, 5) is 8.74. The lowest BCUT2D eigenvalue weighted by Gasteiger charge is -2.26. The van der Waals surface area contributed by atoms with Gasteiger partial charge in [-0.2, -0.15) is 0 Å². The van der Waals surface area contributed by atoms with Crippen LogP contribution in [0.3, 0.4) is 0 Å². The minimum absolute atomic E-state index is 0.143. The summed E-state index contributed by atoms with van der Waals surface area (Å²) in [5.74, 6) is 1.04. The molecular formula is C19H23FN2O. The van der Waals surface area contributed by atoms with Crippen LogP contribution < -0.4 is 0 Å². The van der Waals surface area contributed by atoms with Gasteiger partial charge in [0.25, 0.3) is 0 Å². The van der Waals surface area contributed by atoms with Crippen LogP contribution >= 0.6 is 0 Å². The molecule has 2 aromatic rings. The van der Waals surface area contributed by atoms with Gasteiger partial charge in [0, 0.05) is 23.9 Å². The maximum atomic E-state index is 13.7. The van der Waals surface area contributed by atoms with E-state index in [-0.39, 0.29) is 29.7 Å². The first-order valence-electron chi connectivity index (χ1n) is 8.13. The maximum absolute atomic E-state index is 13.7. The minimum Gasteiger partial charge on any atom is -0.396 e. The van der Waals surface area contributed by atoms with E-state index in [4.69, 9.17) is 0 Å². The van der Waals surface area contributed by atoms with E-state index in [1.165, 1.54) is 6.07 Å². The van der Waals surface area contributed by atoms with Crippen LogP contribution in [-0.2, 0) is 11.8 Å². The molecule has 1 fully saturated rings. The average molecular weight is 314 g/mol. The molecule has 0 saturated heterocycles. The first kappa shape index (κ1) is 16.1. The monoisotopic (exact) mass is 314 g/mol. The fourth-order valence-corrected chi connectivity index (χ4v) is 3.92. The van der Waals surface area contributed by atoms with Crippen LogP contribution in [0.15, 0.2) is 30.5 Å². The van der Waals surface area contributed by atoms with E-state index in [1.807, 2.05) is 26.1 Å². The number of rotatable bonds is 5. The molecule has 122 valence electrons. The first-order valence-corrected chi connectivity index (χ1v) is 8.13. The van der Waals surface area contributed by atoms with Gasteiger partial charge in [-0.15, -0.1) is 0 Å². The molecule has 1 aliphatic carbocycles. The van der Waals surface area contributed by atoms with Gasteiger partial charge in [0.05, 0.1) is 0 Å². The molecule has 1 heterocycles. The summed E-state index contributed by atoms with van der Waals surface area (Å²) in [6.45, 7) is 6.21. The first-order chi connectivity index (χ1) is 11.0. The van der Waals surface area contributed by atoms with Crippen molar-refractivity contribution in [2.45, 2.75) is 39.0 Å². The van der Waals surface area contributed by atoms with Crippen LogP contribution in [0.1, 0.15) is 36.0 Å². The predicted octanol–water partition coefficient (Wildman–Crippen LogP) is 3.36. The van der Waals surface area contributed by atoms with E-state index in [0.717, 1.165) is 35.5 Å². The molecule has 3 nitrogen and oxygen atoms in total. The third-order valence-corrected chi connectivity index (χ3v) is 5.34. The van der Waals surface area contributed by atoms with E-state index < -0.39 is 0 Å². The zero-order chi connectivity index (χ0) is 16.6. The number of halogens is 1.